The van der Waals surface area contributed by atoms with Crippen molar-refractivity contribution in [2.24, 2.45) is 5.73 Å². The van der Waals surface area contributed by atoms with Crippen LogP contribution in [0.5, 0.6) is 0 Å². The third-order valence-electron chi connectivity index (χ3n) is 4.89. The van der Waals surface area contributed by atoms with Crippen molar-refractivity contribution in [2.75, 3.05) is 0 Å². The predicted molar refractivity (Wildman–Crippen MR) is 108 cm³/mol. The number of halogens is 1. The van der Waals surface area contributed by atoms with Gasteiger partial charge in [0.05, 0.1) is 5.52 Å². The molecule has 1 amide bonds. The smallest absolute Gasteiger partial charge is 0.249 e. The molecule has 4 rings (SSSR count). The minimum atomic E-state index is -0.409. The zero-order valence-electron chi connectivity index (χ0n) is 14.7. The number of primary amides is 1. The predicted octanol–water partition coefficient (Wildman–Crippen LogP) is 5.21. The molecule has 3 nitrogen and oxygen atoms in total. The summed E-state index contributed by atoms with van der Waals surface area (Å²) in [5.41, 5.74) is 11.6. The molecule has 2 N–H and O–H groups in total. The molecule has 0 radical (unpaired) electrons. The highest BCUT2D eigenvalue weighted by atomic mass is 35.5. The van der Waals surface area contributed by atoms with Gasteiger partial charge in [0.2, 0.25) is 5.91 Å². The van der Waals surface area contributed by atoms with E-state index >= 15 is 0 Å². The fourth-order valence-corrected chi connectivity index (χ4v) is 3.75. The number of rotatable bonds is 3. The SMILES string of the molecule is Cc1ccc2c3c(C(N)=O)cccc3n(Cc3ccc(C)c(Cl)c3)c2c1. The lowest BCUT2D eigenvalue weighted by molar-refractivity contribution is 0.100. The lowest BCUT2D eigenvalue weighted by Gasteiger charge is -2.10. The van der Waals surface area contributed by atoms with Gasteiger partial charge in [0.15, 0.2) is 0 Å². The first kappa shape index (κ1) is 16.7. The standard InChI is InChI=1S/C22H19ClN2O/c1-13-6-9-16-20(10-13)25(12-15-8-7-14(2)18(23)11-15)19-5-3-4-17(21(16)19)22(24)26/h3-11H,12H2,1-2H3,(H2,24,26). The molecule has 3 aromatic carbocycles. The van der Waals surface area contributed by atoms with Crippen LogP contribution < -0.4 is 5.73 Å². The molecular weight excluding hydrogens is 344 g/mol. The van der Waals surface area contributed by atoms with Gasteiger partial charge in [-0.1, -0.05) is 41.9 Å². The molecule has 4 heteroatoms. The molecule has 0 unspecified atom stereocenters. The van der Waals surface area contributed by atoms with Crippen LogP contribution in [0.15, 0.2) is 54.6 Å². The van der Waals surface area contributed by atoms with Gasteiger partial charge in [0.25, 0.3) is 0 Å². The molecule has 0 aliphatic heterocycles. The number of nitrogens with zero attached hydrogens (tertiary/aromatic N) is 1. The summed E-state index contributed by atoms with van der Waals surface area (Å²) in [6.45, 7) is 4.74. The Morgan fingerprint density at radius 3 is 2.58 bits per heavy atom. The van der Waals surface area contributed by atoms with Crippen LogP contribution >= 0.6 is 11.6 Å². The van der Waals surface area contributed by atoms with E-state index in [4.69, 9.17) is 17.3 Å². The van der Waals surface area contributed by atoms with Crippen molar-refractivity contribution in [1.82, 2.24) is 4.57 Å². The second kappa shape index (κ2) is 6.19. The number of carbonyl (C=O) groups excluding carboxylic acids is 1. The minimum Gasteiger partial charge on any atom is -0.366 e. The molecule has 4 aromatic rings. The quantitative estimate of drug-likeness (QED) is 0.534. The Balaban J connectivity index is 2.03. The van der Waals surface area contributed by atoms with Crippen LogP contribution in [0.25, 0.3) is 21.8 Å². The van der Waals surface area contributed by atoms with Crippen molar-refractivity contribution < 1.29 is 4.79 Å². The Morgan fingerprint density at radius 2 is 1.85 bits per heavy atom. The molecule has 0 saturated carbocycles. The fraction of sp³-hybridized carbons (Fsp3) is 0.136. The molecule has 1 heterocycles. The molecule has 0 spiro atoms. The highest BCUT2D eigenvalue weighted by Crippen LogP contribution is 2.33. The summed E-state index contributed by atoms with van der Waals surface area (Å²) in [7, 11) is 0. The Morgan fingerprint density at radius 1 is 1.04 bits per heavy atom. The molecular formula is C22H19ClN2O. The van der Waals surface area contributed by atoms with Crippen molar-refractivity contribution in [2.45, 2.75) is 20.4 Å². The summed E-state index contributed by atoms with van der Waals surface area (Å²) in [4.78, 5) is 12.0. The highest BCUT2D eigenvalue weighted by Gasteiger charge is 2.16. The van der Waals surface area contributed by atoms with Crippen molar-refractivity contribution in [3.05, 3.63) is 81.9 Å². The number of amides is 1. The average molecular weight is 363 g/mol. The van der Waals surface area contributed by atoms with E-state index in [1.807, 2.05) is 31.2 Å². The lowest BCUT2D eigenvalue weighted by atomic mass is 10.1. The van der Waals surface area contributed by atoms with Crippen molar-refractivity contribution in [3.63, 3.8) is 0 Å². The van der Waals surface area contributed by atoms with Crippen molar-refractivity contribution in [3.8, 4) is 0 Å². The molecule has 0 aliphatic carbocycles. The zero-order valence-corrected chi connectivity index (χ0v) is 15.5. The number of hydrogen-bond donors (Lipinski definition) is 1. The number of aryl methyl sites for hydroxylation is 2. The van der Waals surface area contributed by atoms with Gasteiger partial charge in [0, 0.05) is 33.4 Å². The van der Waals surface area contributed by atoms with E-state index in [-0.39, 0.29) is 0 Å². The summed E-state index contributed by atoms with van der Waals surface area (Å²) in [5.74, 6) is -0.409. The Labute approximate surface area is 157 Å². The van der Waals surface area contributed by atoms with Crippen LogP contribution in [-0.4, -0.2) is 10.5 Å². The maximum Gasteiger partial charge on any atom is 0.249 e. The number of hydrogen-bond acceptors (Lipinski definition) is 1. The molecule has 0 fully saturated rings. The molecule has 130 valence electrons. The second-order valence-corrected chi connectivity index (χ2v) is 7.16. The summed E-state index contributed by atoms with van der Waals surface area (Å²) in [6, 6.07) is 18.1. The topological polar surface area (TPSA) is 48.0 Å². The van der Waals surface area contributed by atoms with Crippen molar-refractivity contribution in [1.29, 1.82) is 0 Å². The van der Waals surface area contributed by atoms with Crippen LogP contribution in [0.1, 0.15) is 27.0 Å². The number of fused-ring (bicyclic) bond motifs is 3. The molecule has 0 saturated heterocycles. The molecule has 0 bridgehead atoms. The van der Waals surface area contributed by atoms with Gasteiger partial charge in [-0.05, 0) is 54.8 Å². The van der Waals surface area contributed by atoms with E-state index in [0.29, 0.717) is 12.1 Å². The Bertz CT molecular complexity index is 1170. The fourth-order valence-electron chi connectivity index (χ4n) is 3.55. The van der Waals surface area contributed by atoms with Crippen LogP contribution in [0, 0.1) is 13.8 Å². The zero-order chi connectivity index (χ0) is 18.4. The normalized spacial score (nSPS) is 11.3. The van der Waals surface area contributed by atoms with E-state index in [1.165, 1.54) is 5.56 Å². The van der Waals surface area contributed by atoms with Gasteiger partial charge < -0.3 is 10.3 Å². The van der Waals surface area contributed by atoms with Gasteiger partial charge in [-0.15, -0.1) is 0 Å². The summed E-state index contributed by atoms with van der Waals surface area (Å²) in [6.07, 6.45) is 0. The Kier molecular flexibility index (Phi) is 3.97. The first-order valence-corrected chi connectivity index (χ1v) is 8.90. The van der Waals surface area contributed by atoms with Crippen LogP contribution in [0.2, 0.25) is 5.02 Å². The van der Waals surface area contributed by atoms with Crippen LogP contribution in [-0.2, 0) is 6.54 Å². The average Bonchev–Trinajstić information content (AvgIpc) is 2.91. The van der Waals surface area contributed by atoms with Gasteiger partial charge in [0.1, 0.15) is 0 Å². The molecule has 1 aromatic heterocycles. The minimum absolute atomic E-state index is 0.409. The van der Waals surface area contributed by atoms with Crippen LogP contribution in [0.4, 0.5) is 0 Å². The monoisotopic (exact) mass is 362 g/mol. The van der Waals surface area contributed by atoms with E-state index in [9.17, 15) is 4.79 Å². The first-order chi connectivity index (χ1) is 12.5. The molecule has 0 aliphatic rings. The first-order valence-electron chi connectivity index (χ1n) is 8.52. The largest absolute Gasteiger partial charge is 0.366 e. The number of nitrogens with two attached hydrogens (primary N) is 1. The van der Waals surface area contributed by atoms with Gasteiger partial charge in [-0.2, -0.15) is 0 Å². The third-order valence-corrected chi connectivity index (χ3v) is 5.30. The van der Waals surface area contributed by atoms with E-state index < -0.39 is 5.91 Å². The number of carbonyl (C=O) groups is 1. The van der Waals surface area contributed by atoms with Gasteiger partial charge >= 0.3 is 0 Å². The lowest BCUT2D eigenvalue weighted by Crippen LogP contribution is -2.11. The van der Waals surface area contributed by atoms with Gasteiger partial charge in [-0.3, -0.25) is 4.79 Å². The maximum absolute atomic E-state index is 12.0. The third kappa shape index (κ3) is 2.65. The van der Waals surface area contributed by atoms with Crippen molar-refractivity contribution >= 4 is 39.3 Å². The molecule has 26 heavy (non-hydrogen) atoms. The summed E-state index contributed by atoms with van der Waals surface area (Å²) < 4.78 is 2.23. The maximum atomic E-state index is 12.0. The highest BCUT2D eigenvalue weighted by molar-refractivity contribution is 6.31. The molecule has 0 atom stereocenters. The van der Waals surface area contributed by atoms with E-state index in [0.717, 1.165) is 38.0 Å². The second-order valence-electron chi connectivity index (χ2n) is 6.75. The van der Waals surface area contributed by atoms with Crippen LogP contribution in [0.3, 0.4) is 0 Å². The number of aromatic nitrogens is 1. The van der Waals surface area contributed by atoms with E-state index in [1.54, 1.807) is 6.07 Å². The van der Waals surface area contributed by atoms with Gasteiger partial charge in [-0.25, -0.2) is 0 Å². The van der Waals surface area contributed by atoms with E-state index in [2.05, 4.69) is 35.8 Å². The Hall–Kier alpha value is -2.78. The summed E-state index contributed by atoms with van der Waals surface area (Å²) in [5, 5.41) is 2.71. The summed E-state index contributed by atoms with van der Waals surface area (Å²) >= 11 is 6.31. The number of benzene rings is 3.